The van der Waals surface area contributed by atoms with Crippen LogP contribution in [0.5, 0.6) is 0 Å². The molecule has 19 nitrogen and oxygen atoms in total. The standard InChI is InChI=1S/C14H20Br2N2O2.C14H20N8O2.C7H5Br3.C5H13N.C3H9N.C2H6.CH2O3.2K.H/c1-14(2,3)20-13(19)18-5-4-17-9-10-6-11(15)8-12(16)7-10;1-14(2,3)24-13(23)18-5-4-17-9-10-6-11(19-21-15)8-12(7-10)20-22-16;8-4-5-1-6(9)3-7(10)2-5;1-4-5-6(2)3;1-2-3-4;1-2;2-1-4-3;;;/h6-8,17H,4-5,9H2,1-3H3,(H,18,19);6-8,17H,4-5,9H2,1-3H3,(H,18,23);1-3H,4H2;4-5H2,1-3H3;2-4H2,1H3;1-2H3;1,3H;;;/q;;;;;;;2*+1;-1/p-1. The zero-order valence-electron chi connectivity index (χ0n) is 45.5. The summed E-state index contributed by atoms with van der Waals surface area (Å²) in [4.78, 5) is 41.7. The predicted octanol–water partition coefficient (Wildman–Crippen LogP) is 7.01. The monoisotopic (exact) mass is 1380 g/mol. The maximum absolute atomic E-state index is 11.5. The first-order valence-corrected chi connectivity index (χ1v) is 26.3. The molecular formula is C46H75Br5K2N12O7. The number of benzene rings is 3. The number of hydrogen-bond donors (Lipinski definition) is 5. The predicted molar refractivity (Wildman–Crippen MR) is 300 cm³/mol. The van der Waals surface area contributed by atoms with E-state index in [0.717, 1.165) is 48.3 Å². The second-order valence-corrected chi connectivity index (χ2v) is 20.1. The summed E-state index contributed by atoms with van der Waals surface area (Å²) in [6.45, 7) is 24.3. The molecule has 2 amide bonds. The van der Waals surface area contributed by atoms with Crippen LogP contribution in [0.1, 0.15) is 100 Å². The van der Waals surface area contributed by atoms with Gasteiger partial charge in [-0.1, -0.05) is 118 Å². The number of nitrogens with one attached hydrogen (secondary N) is 4. The molecule has 26 heteroatoms. The fourth-order valence-electron chi connectivity index (χ4n) is 4.43. The second-order valence-electron chi connectivity index (χ2n) is 15.9. The third-order valence-corrected chi connectivity index (χ3v) is 9.36. The van der Waals surface area contributed by atoms with Gasteiger partial charge in [0, 0.05) is 83.7 Å². The molecule has 0 radical (unpaired) electrons. The van der Waals surface area contributed by atoms with Crippen molar-refractivity contribution in [2.24, 2.45) is 16.0 Å². The van der Waals surface area contributed by atoms with Crippen LogP contribution in [0.25, 0.3) is 20.9 Å². The molecule has 3 aromatic carbocycles. The van der Waals surface area contributed by atoms with Crippen molar-refractivity contribution in [1.29, 1.82) is 0 Å². The molecule has 0 saturated carbocycles. The zero-order chi connectivity index (χ0) is 54.6. The van der Waals surface area contributed by atoms with E-state index in [1.165, 1.54) is 30.2 Å². The van der Waals surface area contributed by atoms with E-state index in [9.17, 15) is 9.59 Å². The van der Waals surface area contributed by atoms with Crippen LogP contribution in [0.3, 0.4) is 0 Å². The van der Waals surface area contributed by atoms with Crippen LogP contribution in [0, 0.1) is 0 Å². The molecule has 0 aromatic heterocycles. The van der Waals surface area contributed by atoms with Gasteiger partial charge in [-0.05, 0) is 164 Å². The van der Waals surface area contributed by atoms with E-state index < -0.39 is 17.3 Å². The number of carbonyl (C=O) groups excluding carboxylic acids is 3. The van der Waals surface area contributed by atoms with Crippen molar-refractivity contribution < 1.29 is 138 Å². The average molecular weight is 1390 g/mol. The first-order chi connectivity index (χ1) is 32.9. The molecule has 0 heterocycles. The molecule has 0 aliphatic carbocycles. The molecule has 0 atom stereocenters. The normalized spacial score (nSPS) is 9.56. The number of nitrogens with zero attached hydrogens (tertiary/aromatic N) is 7. The van der Waals surface area contributed by atoms with Gasteiger partial charge in [-0.15, -0.1) is 0 Å². The van der Waals surface area contributed by atoms with Gasteiger partial charge in [0.25, 0.3) is 6.47 Å². The summed E-state index contributed by atoms with van der Waals surface area (Å²) in [6, 6.07) is 17.2. The molecule has 0 unspecified atom stereocenters. The largest absolute Gasteiger partial charge is 1.00 e. The number of carbonyl (C=O) groups is 3. The van der Waals surface area contributed by atoms with Crippen LogP contribution in [-0.2, 0) is 37.6 Å². The van der Waals surface area contributed by atoms with Gasteiger partial charge >= 0.3 is 115 Å². The first-order valence-electron chi connectivity index (χ1n) is 22.0. The Morgan fingerprint density at radius 3 is 1.28 bits per heavy atom. The van der Waals surface area contributed by atoms with Crippen LogP contribution in [0.4, 0.5) is 21.0 Å². The summed E-state index contributed by atoms with van der Waals surface area (Å²) in [5.41, 5.74) is 25.0. The quantitative estimate of drug-likeness (QED) is 0.0105. The first kappa shape index (κ1) is 83.1. The molecule has 3 rings (SSSR count). The third-order valence-electron chi connectivity index (χ3n) is 6.88. The second kappa shape index (κ2) is 54.1. The SMILES string of the molecule is BrCc1cc(Br)cc(Br)c1.CC.CC(C)(C)OC(=O)NCCNCc1cc(Br)cc(Br)c1.CC(C)(C)OC(=O)NCCNCc1cc(N=[N+]=[N-])cc(N=[N+]=[N-])c1.CCCN.CCCN(C)C.O=CO[O-].[H-].[K+].[K+]. The number of alkyl halides is 1. The number of rotatable bonds is 17. The molecule has 0 saturated heterocycles. The van der Waals surface area contributed by atoms with E-state index >= 15 is 0 Å². The van der Waals surface area contributed by atoms with Gasteiger partial charge < -0.3 is 52.9 Å². The van der Waals surface area contributed by atoms with E-state index in [1.54, 1.807) is 32.9 Å². The third kappa shape index (κ3) is 59.0. The van der Waals surface area contributed by atoms with Crippen molar-refractivity contribution in [1.82, 2.24) is 26.2 Å². The molecule has 0 bridgehead atoms. The molecular weight excluding hydrogens is 1310 g/mol. The fourth-order valence-corrected chi connectivity index (χ4v) is 7.53. The number of hydrogen-bond acceptors (Lipinski definition) is 13. The number of nitrogens with two attached hydrogens (primary N) is 1. The minimum Gasteiger partial charge on any atom is -1.00 e. The zero-order valence-corrected chi connectivity index (χ0v) is 58.7. The van der Waals surface area contributed by atoms with Crippen molar-refractivity contribution in [2.45, 2.75) is 112 Å². The Hall–Kier alpha value is -0.237. The number of alkyl carbamates (subject to hydrolysis) is 2. The topological polar surface area (TPSA) is 277 Å². The Labute approximate surface area is 557 Å². The Kier molecular flexibility index (Phi) is 62.5. The summed E-state index contributed by atoms with van der Waals surface area (Å²) < 4.78 is 14.6. The van der Waals surface area contributed by atoms with E-state index in [4.69, 9.17) is 36.3 Å². The maximum Gasteiger partial charge on any atom is 1.00 e. The van der Waals surface area contributed by atoms with E-state index in [-0.39, 0.29) is 117 Å². The van der Waals surface area contributed by atoms with Crippen molar-refractivity contribution in [3.05, 3.63) is 110 Å². The van der Waals surface area contributed by atoms with Crippen LogP contribution < -0.4 is 135 Å². The molecule has 0 aliphatic heterocycles. The van der Waals surface area contributed by atoms with Gasteiger partial charge in [-0.25, -0.2) is 9.59 Å². The van der Waals surface area contributed by atoms with Gasteiger partial charge in [0.2, 0.25) is 0 Å². The van der Waals surface area contributed by atoms with Crippen molar-refractivity contribution >= 4 is 110 Å². The molecule has 398 valence electrons. The Bertz CT molecular complexity index is 1900. The van der Waals surface area contributed by atoms with Gasteiger partial charge in [0.15, 0.2) is 0 Å². The van der Waals surface area contributed by atoms with Crippen molar-refractivity contribution in [3.63, 3.8) is 0 Å². The van der Waals surface area contributed by atoms with Crippen molar-refractivity contribution in [3.8, 4) is 0 Å². The average Bonchev–Trinajstić information content (AvgIpc) is 3.26. The summed E-state index contributed by atoms with van der Waals surface area (Å²) in [5.74, 6) is 0. The van der Waals surface area contributed by atoms with Gasteiger partial charge in [-0.3, -0.25) is 4.79 Å². The molecule has 72 heavy (non-hydrogen) atoms. The van der Waals surface area contributed by atoms with Crippen LogP contribution in [0.15, 0.2) is 82.7 Å². The number of amides is 2. The van der Waals surface area contributed by atoms with Gasteiger partial charge in [-0.2, -0.15) is 0 Å². The smallest absolute Gasteiger partial charge is 1.00 e. The maximum atomic E-state index is 11.5. The summed E-state index contributed by atoms with van der Waals surface area (Å²) in [5, 5.41) is 28.1. The molecule has 6 N–H and O–H groups in total. The number of halogens is 5. The summed E-state index contributed by atoms with van der Waals surface area (Å²) in [6.07, 6.45) is 1.50. The van der Waals surface area contributed by atoms with Gasteiger partial charge in [0.05, 0.1) is 0 Å². The van der Waals surface area contributed by atoms with E-state index in [0.29, 0.717) is 44.1 Å². The van der Waals surface area contributed by atoms with Crippen molar-refractivity contribution in [2.75, 3.05) is 53.4 Å². The Morgan fingerprint density at radius 1 is 0.694 bits per heavy atom. The van der Waals surface area contributed by atoms with Gasteiger partial charge in [0.1, 0.15) is 11.2 Å². The summed E-state index contributed by atoms with van der Waals surface area (Å²) >= 11 is 17.1. The molecule has 3 aromatic rings. The minimum atomic E-state index is -0.531. The van der Waals surface area contributed by atoms with Crippen LogP contribution in [-0.4, -0.2) is 88.1 Å². The molecule has 0 fully saturated rings. The number of ether oxygens (including phenoxy) is 2. The van der Waals surface area contributed by atoms with Crippen LogP contribution >= 0.6 is 79.6 Å². The molecule has 0 spiro atoms. The minimum absolute atomic E-state index is 0. The Balaban J connectivity index is -0.000000159. The number of azide groups is 2. The van der Waals surface area contributed by atoms with E-state index in [1.807, 2.05) is 46.8 Å². The van der Waals surface area contributed by atoms with Crippen LogP contribution in [0.2, 0.25) is 0 Å². The summed E-state index contributed by atoms with van der Waals surface area (Å²) in [7, 11) is 4.17. The van der Waals surface area contributed by atoms with E-state index in [2.05, 4.69) is 183 Å². The Morgan fingerprint density at radius 2 is 1.03 bits per heavy atom. The fraction of sp³-hybridized carbons (Fsp3) is 0.543. The molecule has 0 aliphatic rings.